The summed E-state index contributed by atoms with van der Waals surface area (Å²) >= 11 is 4.95. The van der Waals surface area contributed by atoms with Gasteiger partial charge in [-0.05, 0) is 32.1 Å². The highest BCUT2D eigenvalue weighted by Gasteiger charge is 2.37. The molecule has 1 fully saturated rings. The highest BCUT2D eigenvalue weighted by Crippen LogP contribution is 2.35. The lowest BCUT2D eigenvalue weighted by Gasteiger charge is -2.40. The van der Waals surface area contributed by atoms with Gasteiger partial charge in [-0.2, -0.15) is 0 Å². The van der Waals surface area contributed by atoms with E-state index in [2.05, 4.69) is 19.2 Å². The topological polar surface area (TPSA) is 55.1 Å². The quantitative estimate of drug-likeness (QED) is 0.762. The number of hydrogen-bond donors (Lipinski definition) is 2. The van der Waals surface area contributed by atoms with Crippen LogP contribution in [0.15, 0.2) is 0 Å². The normalized spacial score (nSPS) is 24.1. The highest BCUT2D eigenvalue weighted by molar-refractivity contribution is 7.80. The van der Waals surface area contributed by atoms with E-state index in [4.69, 9.17) is 18.0 Å². The fourth-order valence-electron chi connectivity index (χ4n) is 2.21. The summed E-state index contributed by atoms with van der Waals surface area (Å²) in [4.78, 5) is 12.4. The maximum atomic E-state index is 12.2. The van der Waals surface area contributed by atoms with Crippen LogP contribution in [0.25, 0.3) is 0 Å². The third kappa shape index (κ3) is 3.18. The van der Waals surface area contributed by atoms with Crippen molar-refractivity contribution in [3.8, 4) is 0 Å². The maximum Gasteiger partial charge on any atom is 0.232 e. The molecule has 1 amide bonds. The highest BCUT2D eigenvalue weighted by atomic mass is 32.1. The molecule has 98 valence electrons. The molecular weight excluding hydrogens is 232 g/mol. The number of amides is 1. The summed E-state index contributed by atoms with van der Waals surface area (Å²) < 4.78 is 0. The van der Waals surface area contributed by atoms with E-state index in [9.17, 15) is 4.79 Å². The molecule has 1 rings (SSSR count). The first-order valence-electron chi connectivity index (χ1n) is 6.29. The van der Waals surface area contributed by atoms with Crippen molar-refractivity contribution in [3.63, 3.8) is 0 Å². The Bertz CT molecular complexity index is 323. The van der Waals surface area contributed by atoms with Gasteiger partial charge in [-0.1, -0.05) is 38.9 Å². The molecule has 1 saturated carbocycles. The molecule has 0 aromatic carbocycles. The smallest absolute Gasteiger partial charge is 0.232 e. The summed E-state index contributed by atoms with van der Waals surface area (Å²) in [5, 5.41) is 3.12. The van der Waals surface area contributed by atoms with Gasteiger partial charge in [0.05, 0.1) is 10.4 Å². The van der Waals surface area contributed by atoms with Crippen molar-refractivity contribution in [1.29, 1.82) is 0 Å². The van der Waals surface area contributed by atoms with Crippen LogP contribution in [-0.4, -0.2) is 16.9 Å². The number of nitrogens with one attached hydrogen (secondary N) is 1. The monoisotopic (exact) mass is 256 g/mol. The van der Waals surface area contributed by atoms with E-state index in [1.165, 1.54) is 12.8 Å². The van der Waals surface area contributed by atoms with Gasteiger partial charge in [0.2, 0.25) is 5.91 Å². The minimum absolute atomic E-state index is 0.0509. The third-order valence-electron chi connectivity index (χ3n) is 4.00. The number of thiocarbonyl (C=S) groups is 1. The van der Waals surface area contributed by atoms with Crippen LogP contribution in [0.1, 0.15) is 53.4 Å². The van der Waals surface area contributed by atoms with Gasteiger partial charge in [0.15, 0.2) is 0 Å². The minimum atomic E-state index is -0.761. The van der Waals surface area contributed by atoms with Crippen LogP contribution in [0.4, 0.5) is 0 Å². The van der Waals surface area contributed by atoms with Crippen molar-refractivity contribution < 1.29 is 4.79 Å². The Labute approximate surface area is 110 Å². The first kappa shape index (κ1) is 14.4. The molecule has 1 atom stereocenters. The van der Waals surface area contributed by atoms with Gasteiger partial charge in [-0.3, -0.25) is 4.79 Å². The molecule has 3 nitrogen and oxygen atoms in total. The molecule has 0 radical (unpaired) electrons. The average Bonchev–Trinajstić information content (AvgIpc) is 2.20. The number of carbonyl (C=O) groups is 1. The molecule has 0 aromatic rings. The van der Waals surface area contributed by atoms with Crippen molar-refractivity contribution >= 4 is 23.1 Å². The summed E-state index contributed by atoms with van der Waals surface area (Å²) in [6.45, 7) is 7.98. The van der Waals surface area contributed by atoms with Crippen molar-refractivity contribution in [2.24, 2.45) is 16.6 Å². The van der Waals surface area contributed by atoms with Crippen LogP contribution in [-0.2, 0) is 4.79 Å². The first-order chi connectivity index (χ1) is 7.68. The van der Waals surface area contributed by atoms with E-state index in [0.29, 0.717) is 0 Å². The molecule has 0 heterocycles. The lowest BCUT2D eigenvalue weighted by atomic mass is 9.73. The van der Waals surface area contributed by atoms with E-state index < -0.39 is 5.41 Å². The Hall–Kier alpha value is -0.640. The molecule has 17 heavy (non-hydrogen) atoms. The lowest BCUT2D eigenvalue weighted by molar-refractivity contribution is -0.128. The number of rotatable bonds is 3. The van der Waals surface area contributed by atoms with E-state index in [0.717, 1.165) is 12.8 Å². The van der Waals surface area contributed by atoms with Crippen LogP contribution in [0, 0.1) is 10.8 Å². The fraction of sp³-hybridized carbons (Fsp3) is 0.846. The summed E-state index contributed by atoms with van der Waals surface area (Å²) in [6.07, 6.45) is 4.64. The average molecular weight is 256 g/mol. The van der Waals surface area contributed by atoms with E-state index >= 15 is 0 Å². The second kappa shape index (κ2) is 4.92. The molecule has 0 aromatic heterocycles. The second-order valence-corrected chi connectivity index (χ2v) is 6.69. The Kier molecular flexibility index (Phi) is 4.18. The molecule has 0 spiro atoms. The van der Waals surface area contributed by atoms with Crippen LogP contribution in [0.2, 0.25) is 0 Å². The van der Waals surface area contributed by atoms with Crippen LogP contribution in [0.3, 0.4) is 0 Å². The first-order valence-corrected chi connectivity index (χ1v) is 6.69. The Balaban J connectivity index is 2.71. The van der Waals surface area contributed by atoms with Crippen molar-refractivity contribution in [1.82, 2.24) is 5.32 Å². The zero-order valence-electron chi connectivity index (χ0n) is 11.3. The van der Waals surface area contributed by atoms with Crippen LogP contribution in [0.5, 0.6) is 0 Å². The van der Waals surface area contributed by atoms with Crippen LogP contribution >= 0.6 is 12.2 Å². The Morgan fingerprint density at radius 3 is 2.47 bits per heavy atom. The summed E-state index contributed by atoms with van der Waals surface area (Å²) in [5.41, 5.74) is 5.02. The Morgan fingerprint density at radius 1 is 1.41 bits per heavy atom. The zero-order chi connectivity index (χ0) is 13.3. The molecule has 1 unspecified atom stereocenters. The van der Waals surface area contributed by atoms with Gasteiger partial charge < -0.3 is 11.1 Å². The van der Waals surface area contributed by atoms with Gasteiger partial charge in [0, 0.05) is 6.04 Å². The van der Waals surface area contributed by atoms with Crippen LogP contribution < -0.4 is 11.1 Å². The van der Waals surface area contributed by atoms with E-state index in [-0.39, 0.29) is 22.4 Å². The van der Waals surface area contributed by atoms with E-state index in [1.54, 1.807) is 13.8 Å². The van der Waals surface area contributed by atoms with Gasteiger partial charge >= 0.3 is 0 Å². The molecule has 0 aliphatic heterocycles. The number of carbonyl (C=O) groups excluding carboxylic acids is 1. The van der Waals surface area contributed by atoms with Gasteiger partial charge in [0.25, 0.3) is 0 Å². The summed E-state index contributed by atoms with van der Waals surface area (Å²) in [5.74, 6) is -0.0509. The van der Waals surface area contributed by atoms with Gasteiger partial charge in [-0.25, -0.2) is 0 Å². The van der Waals surface area contributed by atoms with Crippen molar-refractivity contribution in [2.45, 2.75) is 59.4 Å². The van der Waals surface area contributed by atoms with E-state index in [1.807, 2.05) is 0 Å². The summed E-state index contributed by atoms with van der Waals surface area (Å²) in [7, 11) is 0. The molecule has 1 aliphatic carbocycles. The third-order valence-corrected chi connectivity index (χ3v) is 4.51. The molecule has 1 aliphatic rings. The largest absolute Gasteiger partial charge is 0.392 e. The lowest BCUT2D eigenvalue weighted by Crippen LogP contribution is -2.53. The zero-order valence-corrected chi connectivity index (χ0v) is 12.1. The maximum absolute atomic E-state index is 12.2. The van der Waals surface area contributed by atoms with Gasteiger partial charge in [-0.15, -0.1) is 0 Å². The molecule has 3 N–H and O–H groups in total. The molecule has 0 bridgehead atoms. The second-order valence-electron chi connectivity index (χ2n) is 6.25. The molecular formula is C13H24N2OS. The predicted molar refractivity (Wildman–Crippen MR) is 74.7 cm³/mol. The fourth-order valence-corrected chi connectivity index (χ4v) is 2.30. The van der Waals surface area contributed by atoms with Crippen molar-refractivity contribution in [2.75, 3.05) is 0 Å². The standard InChI is InChI=1S/C13H24N2OS/c1-12(2)8-6-5-7-9(12)15-11(16)13(3,4)10(14)17/h9H,5-8H2,1-4H3,(H2,14,17)(H,15,16). The molecule has 0 saturated heterocycles. The SMILES string of the molecule is CC(C)(C(=O)NC1CCCCC1(C)C)C(N)=S. The summed E-state index contributed by atoms with van der Waals surface area (Å²) in [6, 6.07) is 0.234. The number of hydrogen-bond acceptors (Lipinski definition) is 2. The predicted octanol–water partition coefficient (Wildman–Crippen LogP) is 2.38. The number of nitrogens with two attached hydrogens (primary N) is 1. The Morgan fingerprint density at radius 2 is 2.00 bits per heavy atom. The minimum Gasteiger partial charge on any atom is -0.392 e. The van der Waals surface area contributed by atoms with Crippen molar-refractivity contribution in [3.05, 3.63) is 0 Å². The van der Waals surface area contributed by atoms with Gasteiger partial charge in [0.1, 0.15) is 0 Å². The molecule has 4 heteroatoms.